The average Bonchev–Trinajstić information content (AvgIpc) is 2.86. The fourth-order valence-corrected chi connectivity index (χ4v) is 1.75. The zero-order valence-corrected chi connectivity index (χ0v) is 13.5. The van der Waals surface area contributed by atoms with E-state index in [1.165, 1.54) is 0 Å². The highest BCUT2D eigenvalue weighted by Gasteiger charge is 2.21. The maximum atomic E-state index is 5.76. The molecule has 5 heteroatoms. The standard InChI is InChI=1S/C16H22N4O/c1-11-9-12(7-8-13(11)17-10-20(5)6)14-18-19-15(21-14)16(2,3)4/h7-10H,1-6H3. The van der Waals surface area contributed by atoms with Crippen molar-refractivity contribution in [3.05, 3.63) is 29.7 Å². The predicted molar refractivity (Wildman–Crippen MR) is 85.0 cm³/mol. The topological polar surface area (TPSA) is 54.5 Å². The van der Waals surface area contributed by atoms with Crippen LogP contribution in [-0.2, 0) is 5.41 Å². The van der Waals surface area contributed by atoms with Crippen LogP contribution in [0.4, 0.5) is 5.69 Å². The van der Waals surface area contributed by atoms with Crippen LogP contribution >= 0.6 is 0 Å². The first kappa shape index (κ1) is 15.2. The van der Waals surface area contributed by atoms with Crippen LogP contribution in [0.3, 0.4) is 0 Å². The molecule has 0 radical (unpaired) electrons. The van der Waals surface area contributed by atoms with Crippen LogP contribution in [-0.4, -0.2) is 35.5 Å². The molecule has 0 atom stereocenters. The predicted octanol–water partition coefficient (Wildman–Crippen LogP) is 3.56. The number of aryl methyl sites for hydroxylation is 1. The number of rotatable bonds is 3. The first-order chi connectivity index (χ1) is 9.77. The van der Waals surface area contributed by atoms with Crippen molar-refractivity contribution in [1.29, 1.82) is 0 Å². The zero-order chi connectivity index (χ0) is 15.6. The van der Waals surface area contributed by atoms with Crippen LogP contribution < -0.4 is 0 Å². The van der Waals surface area contributed by atoms with Gasteiger partial charge in [0.1, 0.15) is 0 Å². The summed E-state index contributed by atoms with van der Waals surface area (Å²) in [5.41, 5.74) is 2.78. The third-order valence-electron chi connectivity index (χ3n) is 2.94. The molecule has 0 saturated heterocycles. The number of nitrogens with zero attached hydrogens (tertiary/aromatic N) is 4. The van der Waals surface area contributed by atoms with Crippen molar-refractivity contribution in [2.75, 3.05) is 14.1 Å². The Hall–Kier alpha value is -2.17. The van der Waals surface area contributed by atoms with Gasteiger partial charge in [-0.05, 0) is 30.7 Å². The maximum absolute atomic E-state index is 5.76. The summed E-state index contributed by atoms with van der Waals surface area (Å²) in [5.74, 6) is 1.19. The van der Waals surface area contributed by atoms with Crippen LogP contribution in [0.25, 0.3) is 11.5 Å². The Morgan fingerprint density at radius 2 is 1.90 bits per heavy atom. The third kappa shape index (κ3) is 3.68. The fraction of sp³-hybridized carbons (Fsp3) is 0.438. The molecule has 0 bridgehead atoms. The molecule has 0 N–H and O–H groups in total. The molecule has 0 unspecified atom stereocenters. The fourth-order valence-electron chi connectivity index (χ4n) is 1.75. The van der Waals surface area contributed by atoms with Crippen LogP contribution in [0, 0.1) is 6.92 Å². The summed E-state index contributed by atoms with van der Waals surface area (Å²) in [4.78, 5) is 6.32. The number of hydrogen-bond acceptors (Lipinski definition) is 4. The lowest BCUT2D eigenvalue weighted by molar-refractivity contribution is 0.399. The lowest BCUT2D eigenvalue weighted by atomic mass is 9.97. The Kier molecular flexibility index (Phi) is 4.11. The van der Waals surface area contributed by atoms with Gasteiger partial charge in [0.25, 0.3) is 0 Å². The summed E-state index contributed by atoms with van der Waals surface area (Å²) < 4.78 is 5.76. The molecule has 1 aromatic heterocycles. The highest BCUT2D eigenvalue weighted by molar-refractivity contribution is 5.66. The minimum Gasteiger partial charge on any atom is -0.420 e. The second-order valence-electron chi connectivity index (χ2n) is 6.37. The second-order valence-corrected chi connectivity index (χ2v) is 6.37. The molecule has 0 saturated carbocycles. The van der Waals surface area contributed by atoms with Crippen LogP contribution in [0.1, 0.15) is 32.2 Å². The maximum Gasteiger partial charge on any atom is 0.247 e. The van der Waals surface area contributed by atoms with E-state index in [-0.39, 0.29) is 5.41 Å². The van der Waals surface area contributed by atoms with E-state index < -0.39 is 0 Å². The van der Waals surface area contributed by atoms with Gasteiger partial charge in [-0.2, -0.15) is 0 Å². The molecule has 5 nitrogen and oxygen atoms in total. The lowest BCUT2D eigenvalue weighted by Gasteiger charge is -2.11. The molecule has 0 aliphatic carbocycles. The van der Waals surface area contributed by atoms with Gasteiger partial charge in [-0.3, -0.25) is 0 Å². The van der Waals surface area contributed by atoms with E-state index in [2.05, 4.69) is 36.0 Å². The molecule has 0 aliphatic rings. The average molecular weight is 286 g/mol. The summed E-state index contributed by atoms with van der Waals surface area (Å²) in [6.07, 6.45) is 1.78. The smallest absolute Gasteiger partial charge is 0.247 e. The van der Waals surface area contributed by atoms with E-state index in [1.54, 1.807) is 6.34 Å². The van der Waals surface area contributed by atoms with Crippen molar-refractivity contribution >= 4 is 12.0 Å². The second kappa shape index (κ2) is 5.68. The molecule has 0 amide bonds. The van der Waals surface area contributed by atoms with Gasteiger partial charge in [0, 0.05) is 25.1 Å². The van der Waals surface area contributed by atoms with Crippen molar-refractivity contribution in [3.63, 3.8) is 0 Å². The van der Waals surface area contributed by atoms with Gasteiger partial charge >= 0.3 is 0 Å². The van der Waals surface area contributed by atoms with Gasteiger partial charge in [0.05, 0.1) is 12.0 Å². The van der Waals surface area contributed by atoms with Crippen LogP contribution in [0.5, 0.6) is 0 Å². The quantitative estimate of drug-likeness (QED) is 0.639. The van der Waals surface area contributed by atoms with Gasteiger partial charge in [0.15, 0.2) is 0 Å². The van der Waals surface area contributed by atoms with Gasteiger partial charge < -0.3 is 9.32 Å². The molecule has 2 aromatic rings. The zero-order valence-electron chi connectivity index (χ0n) is 13.5. The number of aliphatic imine (C=N–C) groups is 1. The minimum absolute atomic E-state index is 0.143. The van der Waals surface area contributed by atoms with Crippen molar-refractivity contribution in [3.8, 4) is 11.5 Å². The highest BCUT2D eigenvalue weighted by atomic mass is 16.4. The first-order valence-electron chi connectivity index (χ1n) is 6.93. The van der Waals surface area contributed by atoms with E-state index >= 15 is 0 Å². The Balaban J connectivity index is 2.30. The van der Waals surface area contributed by atoms with E-state index in [0.717, 1.165) is 16.8 Å². The number of benzene rings is 1. The summed E-state index contributed by atoms with van der Waals surface area (Å²) in [7, 11) is 3.89. The Bertz CT molecular complexity index is 651. The largest absolute Gasteiger partial charge is 0.420 e. The van der Waals surface area contributed by atoms with Gasteiger partial charge in [-0.25, -0.2) is 4.99 Å². The van der Waals surface area contributed by atoms with Crippen LogP contribution in [0.15, 0.2) is 27.6 Å². The van der Waals surface area contributed by atoms with Crippen molar-refractivity contribution in [1.82, 2.24) is 15.1 Å². The Morgan fingerprint density at radius 3 is 2.43 bits per heavy atom. The molecular formula is C16H22N4O. The third-order valence-corrected chi connectivity index (χ3v) is 2.94. The summed E-state index contributed by atoms with van der Waals surface area (Å²) >= 11 is 0. The van der Waals surface area contributed by atoms with Crippen molar-refractivity contribution in [2.24, 2.45) is 4.99 Å². The molecule has 2 rings (SSSR count). The molecule has 0 aliphatic heterocycles. The highest BCUT2D eigenvalue weighted by Crippen LogP contribution is 2.28. The SMILES string of the molecule is Cc1cc(-c2nnc(C(C)(C)C)o2)ccc1N=CN(C)C. The van der Waals surface area contributed by atoms with Gasteiger partial charge in [-0.1, -0.05) is 20.8 Å². The van der Waals surface area contributed by atoms with E-state index in [0.29, 0.717) is 11.8 Å². The molecule has 112 valence electrons. The molecule has 1 aromatic carbocycles. The summed E-state index contributed by atoms with van der Waals surface area (Å²) in [6, 6.07) is 5.93. The Labute approximate surface area is 125 Å². The first-order valence-corrected chi connectivity index (χ1v) is 6.93. The normalized spacial score (nSPS) is 12.1. The lowest BCUT2D eigenvalue weighted by Crippen LogP contribution is -2.11. The molecule has 0 fully saturated rings. The van der Waals surface area contributed by atoms with E-state index in [1.807, 2.05) is 44.1 Å². The monoisotopic (exact) mass is 286 g/mol. The number of aromatic nitrogens is 2. The molecule has 21 heavy (non-hydrogen) atoms. The number of hydrogen-bond donors (Lipinski definition) is 0. The van der Waals surface area contributed by atoms with Gasteiger partial charge in [0.2, 0.25) is 11.8 Å². The van der Waals surface area contributed by atoms with Crippen molar-refractivity contribution < 1.29 is 4.42 Å². The summed E-state index contributed by atoms with van der Waals surface area (Å²) in [5, 5.41) is 8.26. The minimum atomic E-state index is -0.143. The van der Waals surface area contributed by atoms with Crippen LogP contribution in [0.2, 0.25) is 0 Å². The Morgan fingerprint density at radius 1 is 1.19 bits per heavy atom. The summed E-state index contributed by atoms with van der Waals surface area (Å²) in [6.45, 7) is 8.17. The molecular weight excluding hydrogens is 264 g/mol. The van der Waals surface area contributed by atoms with E-state index in [9.17, 15) is 0 Å². The van der Waals surface area contributed by atoms with Crippen molar-refractivity contribution in [2.45, 2.75) is 33.1 Å². The molecule has 0 spiro atoms. The van der Waals surface area contributed by atoms with E-state index in [4.69, 9.17) is 4.42 Å². The molecule has 1 heterocycles. The van der Waals surface area contributed by atoms with Gasteiger partial charge in [-0.15, -0.1) is 10.2 Å².